The number of halogens is 1. The van der Waals surface area contributed by atoms with Gasteiger partial charge < -0.3 is 14.5 Å². The number of methoxy groups -OCH3 is 1. The van der Waals surface area contributed by atoms with Crippen LogP contribution in [-0.2, 0) is 16.0 Å². The van der Waals surface area contributed by atoms with Crippen LogP contribution >= 0.6 is 11.6 Å². The Hall–Kier alpha value is -2.83. The largest absolute Gasteiger partial charge is 0.497 e. The highest BCUT2D eigenvalue weighted by Gasteiger charge is 2.41. The summed E-state index contributed by atoms with van der Waals surface area (Å²) < 4.78 is 5.25. The molecule has 7 heteroatoms. The van der Waals surface area contributed by atoms with Crippen molar-refractivity contribution in [2.24, 2.45) is 0 Å². The van der Waals surface area contributed by atoms with Crippen LogP contribution in [-0.4, -0.2) is 73.4 Å². The molecule has 1 saturated heterocycles. The molecule has 0 spiro atoms. The number of piperazine rings is 1. The second-order valence-electron chi connectivity index (χ2n) is 7.88. The van der Waals surface area contributed by atoms with Crippen LogP contribution in [0.15, 0.2) is 54.2 Å². The van der Waals surface area contributed by atoms with Gasteiger partial charge in [-0.25, -0.2) is 0 Å². The Kier molecular flexibility index (Phi) is 6.30. The Morgan fingerprint density at radius 2 is 1.55 bits per heavy atom. The summed E-state index contributed by atoms with van der Waals surface area (Å²) in [5.74, 6) is 0.259. The summed E-state index contributed by atoms with van der Waals surface area (Å²) in [6, 6.07) is 14.8. The number of imide groups is 1. The van der Waals surface area contributed by atoms with E-state index in [1.54, 1.807) is 7.11 Å². The topological polar surface area (TPSA) is 53.1 Å². The van der Waals surface area contributed by atoms with Crippen LogP contribution in [0.1, 0.15) is 11.1 Å². The maximum absolute atomic E-state index is 13.4. The van der Waals surface area contributed by atoms with Gasteiger partial charge in [0.05, 0.1) is 12.7 Å². The number of carbonyl (C=O) groups excluding carboxylic acids is 2. The van der Waals surface area contributed by atoms with Gasteiger partial charge in [0.25, 0.3) is 11.8 Å². The van der Waals surface area contributed by atoms with Gasteiger partial charge >= 0.3 is 0 Å². The molecule has 162 valence electrons. The molecule has 2 aromatic rings. The van der Waals surface area contributed by atoms with Crippen molar-refractivity contribution in [2.75, 3.05) is 46.9 Å². The van der Waals surface area contributed by atoms with Crippen LogP contribution < -0.4 is 4.74 Å². The summed E-state index contributed by atoms with van der Waals surface area (Å²) in [6.07, 6.45) is 0.584. The lowest BCUT2D eigenvalue weighted by molar-refractivity contribution is -0.137. The van der Waals surface area contributed by atoms with E-state index in [9.17, 15) is 9.59 Å². The van der Waals surface area contributed by atoms with Gasteiger partial charge in [-0.15, -0.1) is 0 Å². The van der Waals surface area contributed by atoms with E-state index in [0.717, 1.165) is 37.3 Å². The van der Waals surface area contributed by atoms with Gasteiger partial charge in [0.15, 0.2) is 0 Å². The van der Waals surface area contributed by atoms with Crippen LogP contribution in [0.5, 0.6) is 5.75 Å². The zero-order valence-corrected chi connectivity index (χ0v) is 18.6. The van der Waals surface area contributed by atoms with Crippen LogP contribution in [0, 0.1) is 0 Å². The van der Waals surface area contributed by atoms with Crippen LogP contribution in [0.4, 0.5) is 0 Å². The second kappa shape index (κ2) is 9.12. The summed E-state index contributed by atoms with van der Waals surface area (Å²) in [4.78, 5) is 32.5. The smallest absolute Gasteiger partial charge is 0.277 e. The Morgan fingerprint density at radius 3 is 2.16 bits per heavy atom. The molecule has 2 heterocycles. The first-order valence-electron chi connectivity index (χ1n) is 10.4. The number of benzene rings is 2. The Labute approximate surface area is 187 Å². The van der Waals surface area contributed by atoms with Gasteiger partial charge in [-0.3, -0.25) is 14.5 Å². The number of rotatable bonds is 6. The molecule has 2 amide bonds. The molecular formula is C24H26ClN3O3. The predicted molar refractivity (Wildman–Crippen MR) is 121 cm³/mol. The van der Waals surface area contributed by atoms with Crippen LogP contribution in [0.2, 0.25) is 5.02 Å². The van der Waals surface area contributed by atoms with E-state index in [-0.39, 0.29) is 11.8 Å². The van der Waals surface area contributed by atoms with E-state index in [2.05, 4.69) is 16.8 Å². The van der Waals surface area contributed by atoms with Crippen molar-refractivity contribution >= 4 is 29.0 Å². The van der Waals surface area contributed by atoms with Gasteiger partial charge in [0, 0.05) is 37.7 Å². The first-order chi connectivity index (χ1) is 15.0. The highest BCUT2D eigenvalue weighted by Crippen LogP contribution is 2.33. The third-order valence-corrected chi connectivity index (χ3v) is 6.13. The number of carbonyl (C=O) groups is 2. The van der Waals surface area contributed by atoms with Gasteiger partial charge in [-0.1, -0.05) is 35.9 Å². The van der Waals surface area contributed by atoms with Gasteiger partial charge in [-0.05, 0) is 48.9 Å². The van der Waals surface area contributed by atoms with Crippen molar-refractivity contribution in [3.63, 3.8) is 0 Å². The second-order valence-corrected chi connectivity index (χ2v) is 8.32. The fourth-order valence-electron chi connectivity index (χ4n) is 4.00. The average molecular weight is 440 g/mol. The molecule has 0 bridgehead atoms. The first-order valence-corrected chi connectivity index (χ1v) is 10.8. The number of amides is 2. The molecule has 0 saturated carbocycles. The summed E-state index contributed by atoms with van der Waals surface area (Å²) in [7, 11) is 3.67. The highest BCUT2D eigenvalue weighted by molar-refractivity contribution is 6.35. The zero-order chi connectivity index (χ0) is 22.0. The van der Waals surface area contributed by atoms with Crippen molar-refractivity contribution in [3.05, 3.63) is 70.4 Å². The van der Waals surface area contributed by atoms with E-state index in [0.29, 0.717) is 35.0 Å². The number of likely N-dealkylation sites (N-methyl/N-ethyl adjacent to an activating group) is 1. The fraction of sp³-hybridized carbons (Fsp3) is 0.333. The molecular weight excluding hydrogens is 414 g/mol. The SMILES string of the molecule is COc1ccc(C2=C(N3CCN(C)CC3)C(=O)N(CCc3ccc(Cl)cc3)C2=O)cc1. The minimum atomic E-state index is -0.238. The number of hydrogen-bond acceptors (Lipinski definition) is 5. The minimum Gasteiger partial charge on any atom is -0.497 e. The number of nitrogens with zero attached hydrogens (tertiary/aromatic N) is 3. The maximum atomic E-state index is 13.4. The fourth-order valence-corrected chi connectivity index (χ4v) is 4.13. The minimum absolute atomic E-state index is 0.214. The van der Waals surface area contributed by atoms with Gasteiger partial charge in [-0.2, -0.15) is 0 Å². The lowest BCUT2D eigenvalue weighted by atomic mass is 10.0. The molecule has 2 aliphatic heterocycles. The Balaban J connectivity index is 1.63. The van der Waals surface area contributed by atoms with Gasteiger partial charge in [0.1, 0.15) is 11.4 Å². The monoisotopic (exact) mass is 439 g/mol. The molecule has 6 nitrogen and oxygen atoms in total. The molecule has 0 aliphatic carbocycles. The third-order valence-electron chi connectivity index (χ3n) is 5.88. The molecule has 2 aromatic carbocycles. The van der Waals surface area contributed by atoms with E-state index in [1.807, 2.05) is 48.5 Å². The zero-order valence-electron chi connectivity index (χ0n) is 17.8. The normalized spacial score (nSPS) is 17.6. The van der Waals surface area contributed by atoms with Crippen LogP contribution in [0.3, 0.4) is 0 Å². The molecule has 0 N–H and O–H groups in total. The van der Waals surface area contributed by atoms with Crippen molar-refractivity contribution in [1.82, 2.24) is 14.7 Å². The first kappa shape index (κ1) is 21.4. The van der Waals surface area contributed by atoms with Crippen molar-refractivity contribution in [1.29, 1.82) is 0 Å². The van der Waals surface area contributed by atoms with E-state index >= 15 is 0 Å². The molecule has 0 aromatic heterocycles. The average Bonchev–Trinajstić information content (AvgIpc) is 3.03. The van der Waals surface area contributed by atoms with Crippen LogP contribution in [0.25, 0.3) is 5.57 Å². The van der Waals surface area contributed by atoms with E-state index in [4.69, 9.17) is 16.3 Å². The standard InChI is InChI=1S/C24H26ClN3O3/c1-26-13-15-27(16-14-26)22-21(18-5-9-20(31-2)10-6-18)23(29)28(24(22)30)12-11-17-3-7-19(25)8-4-17/h3-10H,11-16H2,1-2H3. The molecule has 31 heavy (non-hydrogen) atoms. The molecule has 0 atom stereocenters. The molecule has 1 fully saturated rings. The molecule has 4 rings (SSSR count). The number of hydrogen-bond donors (Lipinski definition) is 0. The third kappa shape index (κ3) is 4.45. The molecule has 0 unspecified atom stereocenters. The summed E-state index contributed by atoms with van der Waals surface area (Å²) >= 11 is 5.97. The Morgan fingerprint density at radius 1 is 0.903 bits per heavy atom. The van der Waals surface area contributed by atoms with Crippen molar-refractivity contribution in [2.45, 2.75) is 6.42 Å². The lowest BCUT2D eigenvalue weighted by Crippen LogP contribution is -2.46. The quantitative estimate of drug-likeness (QED) is 0.648. The summed E-state index contributed by atoms with van der Waals surface area (Å²) in [6.45, 7) is 3.47. The molecule has 0 radical (unpaired) electrons. The van der Waals surface area contributed by atoms with E-state index < -0.39 is 0 Å². The number of ether oxygens (including phenoxy) is 1. The predicted octanol–water partition coefficient (Wildman–Crippen LogP) is 2.92. The summed E-state index contributed by atoms with van der Waals surface area (Å²) in [5.41, 5.74) is 2.76. The van der Waals surface area contributed by atoms with Crippen molar-refractivity contribution < 1.29 is 14.3 Å². The van der Waals surface area contributed by atoms with E-state index in [1.165, 1.54) is 4.90 Å². The highest BCUT2D eigenvalue weighted by atomic mass is 35.5. The molecule has 2 aliphatic rings. The maximum Gasteiger partial charge on any atom is 0.277 e. The summed E-state index contributed by atoms with van der Waals surface area (Å²) in [5, 5.41) is 0.665. The van der Waals surface area contributed by atoms with Gasteiger partial charge in [0.2, 0.25) is 0 Å². The Bertz CT molecular complexity index is 994. The van der Waals surface area contributed by atoms with Crippen molar-refractivity contribution in [3.8, 4) is 5.75 Å². The lowest BCUT2D eigenvalue weighted by Gasteiger charge is -2.34.